The van der Waals surface area contributed by atoms with Gasteiger partial charge in [0.1, 0.15) is 0 Å². The summed E-state index contributed by atoms with van der Waals surface area (Å²) in [5.41, 5.74) is 1.48. The summed E-state index contributed by atoms with van der Waals surface area (Å²) in [6.45, 7) is 12.5. The smallest absolute Gasteiger partial charge is 0.206 e. The first kappa shape index (κ1) is 12.1. The van der Waals surface area contributed by atoms with Crippen molar-refractivity contribution in [2.45, 2.75) is 45.7 Å². The van der Waals surface area contributed by atoms with Gasteiger partial charge in [0, 0.05) is 0 Å². The van der Waals surface area contributed by atoms with Crippen molar-refractivity contribution in [3.63, 3.8) is 0 Å². The van der Waals surface area contributed by atoms with E-state index in [1.54, 1.807) is 0 Å². The lowest BCUT2D eigenvalue weighted by molar-refractivity contribution is 0.756. The molecule has 0 aromatic carbocycles. The zero-order valence-corrected chi connectivity index (χ0v) is 10.4. The van der Waals surface area contributed by atoms with Gasteiger partial charge in [-0.1, -0.05) is 34.6 Å². The van der Waals surface area contributed by atoms with E-state index in [-0.39, 0.29) is 0 Å². The van der Waals surface area contributed by atoms with E-state index in [9.17, 15) is 0 Å². The maximum Gasteiger partial charge on any atom is 0.206 e. The Labute approximate surface area is 78.3 Å². The Morgan fingerprint density at radius 2 is 1.50 bits per heavy atom. The predicted molar refractivity (Wildman–Crippen MR) is 58.7 cm³/mol. The Hall–Kier alpha value is 0.137. The standard InChI is InChI=1S/C9H24N2Si/c1-7-11-12(10-6,8(2)3)9(4)5/h8-11H,7H2,1-6H3. The molecule has 12 heavy (non-hydrogen) atoms. The molecular weight excluding hydrogens is 164 g/mol. The van der Waals surface area contributed by atoms with Gasteiger partial charge in [0.05, 0.1) is 0 Å². The lowest BCUT2D eigenvalue weighted by Crippen LogP contribution is -2.65. The Balaban J connectivity index is 4.51. The molecule has 0 aliphatic carbocycles. The molecule has 0 saturated heterocycles. The molecule has 2 N–H and O–H groups in total. The maximum atomic E-state index is 3.67. The number of nitrogens with one attached hydrogen (secondary N) is 2. The number of hydrogen-bond acceptors (Lipinski definition) is 2. The zero-order valence-electron chi connectivity index (χ0n) is 9.36. The van der Waals surface area contributed by atoms with Crippen molar-refractivity contribution < 1.29 is 0 Å². The van der Waals surface area contributed by atoms with Crippen LogP contribution in [-0.4, -0.2) is 22.0 Å². The van der Waals surface area contributed by atoms with Crippen LogP contribution in [-0.2, 0) is 0 Å². The molecule has 0 spiro atoms. The molecule has 3 heteroatoms. The highest BCUT2D eigenvalue weighted by atomic mass is 28.3. The van der Waals surface area contributed by atoms with Gasteiger partial charge in [-0.2, -0.15) is 0 Å². The summed E-state index contributed by atoms with van der Waals surface area (Å²) in [7, 11) is 0.668. The van der Waals surface area contributed by atoms with Crippen molar-refractivity contribution in [2.24, 2.45) is 0 Å². The van der Waals surface area contributed by atoms with E-state index in [1.807, 2.05) is 0 Å². The van der Waals surface area contributed by atoms with Crippen molar-refractivity contribution in [3.8, 4) is 0 Å². The summed E-state index contributed by atoms with van der Waals surface area (Å²) >= 11 is 0. The fourth-order valence-corrected chi connectivity index (χ4v) is 6.10. The molecule has 0 atom stereocenters. The van der Waals surface area contributed by atoms with E-state index in [2.05, 4.69) is 51.6 Å². The molecule has 0 aliphatic rings. The fourth-order valence-electron chi connectivity index (χ4n) is 2.03. The monoisotopic (exact) mass is 188 g/mol. The second-order valence-corrected chi connectivity index (χ2v) is 8.86. The Kier molecular flexibility index (Phi) is 5.05. The topological polar surface area (TPSA) is 24.1 Å². The minimum absolute atomic E-state index is 0.738. The lowest BCUT2D eigenvalue weighted by Gasteiger charge is -2.38. The molecule has 0 radical (unpaired) electrons. The first-order valence-corrected chi connectivity index (χ1v) is 7.10. The van der Waals surface area contributed by atoms with Crippen LogP contribution in [0.25, 0.3) is 0 Å². The normalized spacial score (nSPS) is 13.0. The quantitative estimate of drug-likeness (QED) is 0.646. The average molecular weight is 188 g/mol. The second-order valence-electron chi connectivity index (χ2n) is 3.96. The molecule has 0 bridgehead atoms. The highest BCUT2D eigenvalue weighted by Gasteiger charge is 2.38. The van der Waals surface area contributed by atoms with Crippen LogP contribution in [0.4, 0.5) is 0 Å². The van der Waals surface area contributed by atoms with Crippen LogP contribution in [0.3, 0.4) is 0 Å². The van der Waals surface area contributed by atoms with Crippen molar-refractivity contribution in [1.82, 2.24) is 9.96 Å². The van der Waals surface area contributed by atoms with E-state index >= 15 is 0 Å². The molecule has 0 rings (SSSR count). The Morgan fingerprint density at radius 1 is 1.08 bits per heavy atom. The second kappa shape index (κ2) is 4.99. The van der Waals surface area contributed by atoms with Gasteiger partial charge in [-0.15, -0.1) is 0 Å². The summed E-state index contributed by atoms with van der Waals surface area (Å²) in [5, 5.41) is 0. The third-order valence-electron chi connectivity index (χ3n) is 2.70. The van der Waals surface area contributed by atoms with Crippen LogP contribution in [0.2, 0.25) is 11.1 Å². The van der Waals surface area contributed by atoms with Crippen molar-refractivity contribution in [3.05, 3.63) is 0 Å². The van der Waals surface area contributed by atoms with Gasteiger partial charge in [0.25, 0.3) is 0 Å². The van der Waals surface area contributed by atoms with Crippen molar-refractivity contribution in [2.75, 3.05) is 13.6 Å². The molecule has 0 aromatic heterocycles. The molecule has 0 amide bonds. The van der Waals surface area contributed by atoms with Gasteiger partial charge in [0.15, 0.2) is 0 Å². The largest absolute Gasteiger partial charge is 0.328 e. The van der Waals surface area contributed by atoms with Gasteiger partial charge in [-0.05, 0) is 24.7 Å². The van der Waals surface area contributed by atoms with Crippen molar-refractivity contribution in [1.29, 1.82) is 0 Å². The third-order valence-corrected chi connectivity index (χ3v) is 8.11. The van der Waals surface area contributed by atoms with Gasteiger partial charge in [-0.25, -0.2) is 0 Å². The molecule has 0 fully saturated rings. The summed E-state index contributed by atoms with van der Waals surface area (Å²) in [4.78, 5) is 7.22. The van der Waals surface area contributed by atoms with E-state index in [0.717, 1.165) is 17.6 Å². The van der Waals surface area contributed by atoms with Crippen LogP contribution in [0.5, 0.6) is 0 Å². The van der Waals surface area contributed by atoms with E-state index in [0.29, 0.717) is 0 Å². The summed E-state index contributed by atoms with van der Waals surface area (Å²) < 4.78 is 0. The van der Waals surface area contributed by atoms with E-state index in [1.165, 1.54) is 0 Å². The first-order valence-electron chi connectivity index (χ1n) is 4.95. The molecular formula is C9H24N2Si. The highest BCUT2D eigenvalue weighted by Crippen LogP contribution is 2.26. The predicted octanol–water partition coefficient (Wildman–Crippen LogP) is 2.08. The van der Waals surface area contributed by atoms with Gasteiger partial charge in [-0.3, -0.25) is 0 Å². The zero-order chi connectivity index (χ0) is 9.78. The first-order chi connectivity index (χ1) is 5.51. The van der Waals surface area contributed by atoms with Crippen molar-refractivity contribution >= 4 is 8.40 Å². The van der Waals surface area contributed by atoms with Crippen LogP contribution < -0.4 is 9.96 Å². The lowest BCUT2D eigenvalue weighted by atomic mass is 10.5. The molecule has 74 valence electrons. The number of rotatable bonds is 5. The summed E-state index contributed by atoms with van der Waals surface area (Å²) in [5.74, 6) is 0. The fraction of sp³-hybridized carbons (Fsp3) is 1.00. The maximum absolute atomic E-state index is 3.67. The molecule has 0 heterocycles. The molecule has 0 unspecified atom stereocenters. The highest BCUT2D eigenvalue weighted by molar-refractivity contribution is 6.77. The summed E-state index contributed by atoms with van der Waals surface area (Å²) in [6.07, 6.45) is 0. The van der Waals surface area contributed by atoms with E-state index in [4.69, 9.17) is 0 Å². The van der Waals surface area contributed by atoms with Crippen LogP contribution in [0.1, 0.15) is 34.6 Å². The number of hydrogen-bond donors (Lipinski definition) is 2. The third kappa shape index (κ3) is 2.31. The SMILES string of the molecule is CCN[Si](NC)(C(C)C)C(C)C. The van der Waals surface area contributed by atoms with Crippen LogP contribution in [0.15, 0.2) is 0 Å². The van der Waals surface area contributed by atoms with Crippen LogP contribution in [0, 0.1) is 0 Å². The molecule has 2 nitrogen and oxygen atoms in total. The van der Waals surface area contributed by atoms with E-state index < -0.39 is 8.40 Å². The van der Waals surface area contributed by atoms with Crippen LogP contribution >= 0.6 is 0 Å². The van der Waals surface area contributed by atoms with Gasteiger partial charge >= 0.3 is 0 Å². The molecule has 0 aliphatic heterocycles. The average Bonchev–Trinajstić information content (AvgIpc) is 1.98. The molecule has 0 aromatic rings. The van der Waals surface area contributed by atoms with Gasteiger partial charge < -0.3 is 9.96 Å². The minimum Gasteiger partial charge on any atom is -0.328 e. The Bertz CT molecular complexity index is 116. The minimum atomic E-state index is -1.42. The van der Waals surface area contributed by atoms with Gasteiger partial charge in [0.2, 0.25) is 8.40 Å². The summed E-state index contributed by atoms with van der Waals surface area (Å²) in [6, 6.07) is 0. The Morgan fingerprint density at radius 3 is 1.58 bits per heavy atom. The molecule has 0 saturated carbocycles.